The van der Waals surface area contributed by atoms with Crippen molar-refractivity contribution >= 4 is 22.2 Å². The van der Waals surface area contributed by atoms with E-state index in [-0.39, 0.29) is 0 Å². The number of para-hydroxylation sites is 1. The molecule has 3 aromatic rings. The Hall–Kier alpha value is -2.02. The molecule has 1 unspecified atom stereocenters. The van der Waals surface area contributed by atoms with Gasteiger partial charge in [0.1, 0.15) is 0 Å². The van der Waals surface area contributed by atoms with E-state index in [9.17, 15) is 0 Å². The normalized spacial score (nSPS) is 11.9. The Balaban J connectivity index is 0.000000471. The zero-order chi connectivity index (χ0) is 17.7. The number of fused-ring (bicyclic) bond motifs is 1. The molecule has 2 aromatic heterocycles. The van der Waals surface area contributed by atoms with Crippen molar-refractivity contribution in [3.63, 3.8) is 0 Å². The topological polar surface area (TPSA) is 84.0 Å². The van der Waals surface area contributed by atoms with Gasteiger partial charge in [-0.1, -0.05) is 32.0 Å². The standard InChI is InChI=1S/C18H20N2.H3NO2S/c1-4-13-10-15(12-19-16(13)5-2)18-11-14-8-6-7-9-17(14)20(18)3;1-4(2)3/h6-12H,4-5H2,1-3H3;1H2,(H,2,3)/p-1. The van der Waals surface area contributed by atoms with Gasteiger partial charge in [-0.05, 0) is 36.6 Å². The summed E-state index contributed by atoms with van der Waals surface area (Å²) in [6, 6.07) is 13.0. The molecule has 6 heteroatoms. The molecule has 3 rings (SSSR count). The van der Waals surface area contributed by atoms with Gasteiger partial charge in [0, 0.05) is 46.7 Å². The molecule has 0 fully saturated rings. The van der Waals surface area contributed by atoms with Gasteiger partial charge in [-0.25, -0.2) is 0 Å². The predicted octanol–water partition coefficient (Wildman–Crippen LogP) is 3.10. The minimum Gasteiger partial charge on any atom is -0.760 e. The summed E-state index contributed by atoms with van der Waals surface area (Å²) in [5.41, 5.74) is 6.28. The van der Waals surface area contributed by atoms with E-state index >= 15 is 0 Å². The number of hydrogen-bond donors (Lipinski definition) is 1. The second-order valence-corrected chi connectivity index (χ2v) is 5.97. The Kier molecular flexibility index (Phi) is 6.25. The number of aryl methyl sites for hydroxylation is 3. The van der Waals surface area contributed by atoms with Crippen LogP contribution in [-0.2, 0) is 31.2 Å². The first-order valence-electron chi connectivity index (χ1n) is 7.84. The molecule has 0 amide bonds. The summed E-state index contributed by atoms with van der Waals surface area (Å²) in [4.78, 5) is 4.64. The van der Waals surface area contributed by atoms with Gasteiger partial charge in [0.25, 0.3) is 0 Å². The molecular weight excluding hydrogens is 322 g/mol. The van der Waals surface area contributed by atoms with Gasteiger partial charge in [-0.2, -0.15) is 0 Å². The van der Waals surface area contributed by atoms with E-state index in [1.165, 1.54) is 33.4 Å². The third-order valence-corrected chi connectivity index (χ3v) is 4.02. The molecule has 0 spiro atoms. The lowest BCUT2D eigenvalue weighted by atomic mass is 10.1. The Bertz CT molecular complexity index is 855. The third kappa shape index (κ3) is 4.08. The minimum atomic E-state index is -2.36. The molecule has 0 radical (unpaired) electrons. The number of nitrogens with two attached hydrogens (primary N) is 1. The van der Waals surface area contributed by atoms with E-state index in [4.69, 9.17) is 8.76 Å². The highest BCUT2D eigenvalue weighted by Crippen LogP contribution is 2.28. The van der Waals surface area contributed by atoms with Crippen LogP contribution in [0.4, 0.5) is 0 Å². The number of hydrogen-bond acceptors (Lipinski definition) is 3. The van der Waals surface area contributed by atoms with Crippen molar-refractivity contribution in [1.29, 1.82) is 0 Å². The first-order valence-corrected chi connectivity index (χ1v) is 8.98. The Morgan fingerprint density at radius 1 is 1.21 bits per heavy atom. The monoisotopic (exact) mass is 344 g/mol. The van der Waals surface area contributed by atoms with Gasteiger partial charge < -0.3 is 9.12 Å². The SMILES string of the molecule is CCc1cc(-c2cc3ccccc3n2C)cnc1CC.NS(=O)[O-]. The van der Waals surface area contributed by atoms with Crippen LogP contribution in [0.1, 0.15) is 25.1 Å². The van der Waals surface area contributed by atoms with Gasteiger partial charge in [0.2, 0.25) is 0 Å². The van der Waals surface area contributed by atoms with Gasteiger partial charge in [0.05, 0.1) is 5.69 Å². The minimum absolute atomic E-state index is 0.999. The van der Waals surface area contributed by atoms with E-state index in [2.05, 4.69) is 72.0 Å². The quantitative estimate of drug-likeness (QED) is 0.741. The zero-order valence-corrected chi connectivity index (χ0v) is 15.0. The second kappa shape index (κ2) is 8.19. The van der Waals surface area contributed by atoms with E-state index in [0.29, 0.717) is 0 Å². The van der Waals surface area contributed by atoms with Crippen LogP contribution in [0.2, 0.25) is 0 Å². The Morgan fingerprint density at radius 2 is 1.88 bits per heavy atom. The van der Waals surface area contributed by atoms with E-state index in [0.717, 1.165) is 12.8 Å². The van der Waals surface area contributed by atoms with Crippen molar-refractivity contribution in [2.45, 2.75) is 26.7 Å². The van der Waals surface area contributed by atoms with Crippen molar-refractivity contribution in [2.75, 3.05) is 0 Å². The fourth-order valence-electron chi connectivity index (χ4n) is 2.87. The summed E-state index contributed by atoms with van der Waals surface area (Å²) in [7, 11) is 2.12. The molecule has 0 aliphatic rings. The van der Waals surface area contributed by atoms with Crippen molar-refractivity contribution in [3.05, 3.63) is 53.9 Å². The maximum Gasteiger partial charge on any atom is 0.0504 e. The molecule has 1 atom stereocenters. The van der Waals surface area contributed by atoms with Gasteiger partial charge in [-0.15, -0.1) is 0 Å². The average molecular weight is 344 g/mol. The summed E-state index contributed by atoms with van der Waals surface area (Å²) in [5, 5.41) is 5.31. The first-order chi connectivity index (χ1) is 11.5. The van der Waals surface area contributed by atoms with Crippen LogP contribution in [0.25, 0.3) is 22.2 Å². The van der Waals surface area contributed by atoms with E-state index in [1.807, 2.05) is 6.20 Å². The molecular formula is C18H22N3O2S-. The van der Waals surface area contributed by atoms with Crippen molar-refractivity contribution in [2.24, 2.45) is 12.2 Å². The van der Waals surface area contributed by atoms with E-state index in [1.54, 1.807) is 0 Å². The smallest absolute Gasteiger partial charge is 0.0504 e. The third-order valence-electron chi connectivity index (χ3n) is 4.02. The molecule has 0 saturated carbocycles. The fraction of sp³-hybridized carbons (Fsp3) is 0.278. The van der Waals surface area contributed by atoms with Crippen LogP contribution in [0.15, 0.2) is 42.6 Å². The van der Waals surface area contributed by atoms with Crippen molar-refractivity contribution in [3.8, 4) is 11.3 Å². The zero-order valence-electron chi connectivity index (χ0n) is 14.2. The summed E-state index contributed by atoms with van der Waals surface area (Å²) in [6.07, 6.45) is 4.04. The molecule has 1 aromatic carbocycles. The van der Waals surface area contributed by atoms with Crippen LogP contribution in [0.5, 0.6) is 0 Å². The predicted molar refractivity (Wildman–Crippen MR) is 98.0 cm³/mol. The summed E-state index contributed by atoms with van der Waals surface area (Å²) >= 11 is -2.36. The fourth-order valence-corrected chi connectivity index (χ4v) is 2.87. The second-order valence-electron chi connectivity index (χ2n) is 5.44. The lowest BCUT2D eigenvalue weighted by Crippen LogP contribution is -1.98. The maximum atomic E-state index is 8.78. The molecule has 5 nitrogen and oxygen atoms in total. The number of pyridine rings is 1. The molecule has 2 heterocycles. The van der Waals surface area contributed by atoms with Crippen molar-refractivity contribution in [1.82, 2.24) is 9.55 Å². The van der Waals surface area contributed by atoms with Crippen LogP contribution in [0, 0.1) is 0 Å². The molecule has 0 aliphatic carbocycles. The maximum absolute atomic E-state index is 8.78. The average Bonchev–Trinajstić information content (AvgIpc) is 2.91. The van der Waals surface area contributed by atoms with Gasteiger partial charge >= 0.3 is 0 Å². The summed E-state index contributed by atoms with van der Waals surface area (Å²) in [6.45, 7) is 4.36. The molecule has 0 aliphatic heterocycles. The lowest BCUT2D eigenvalue weighted by molar-refractivity contribution is 0.539. The highest BCUT2D eigenvalue weighted by Gasteiger charge is 2.10. The van der Waals surface area contributed by atoms with Crippen LogP contribution >= 0.6 is 0 Å². The molecule has 24 heavy (non-hydrogen) atoms. The Morgan fingerprint density at radius 3 is 2.46 bits per heavy atom. The number of benzene rings is 1. The van der Waals surface area contributed by atoms with E-state index < -0.39 is 11.3 Å². The van der Waals surface area contributed by atoms with Crippen LogP contribution in [-0.4, -0.2) is 18.3 Å². The van der Waals surface area contributed by atoms with Crippen LogP contribution < -0.4 is 5.14 Å². The van der Waals surface area contributed by atoms with Crippen molar-refractivity contribution < 1.29 is 8.76 Å². The number of nitrogens with zero attached hydrogens (tertiary/aromatic N) is 2. The largest absolute Gasteiger partial charge is 0.760 e. The number of rotatable bonds is 3. The Labute approximate surface area is 144 Å². The highest BCUT2D eigenvalue weighted by atomic mass is 32.2. The highest BCUT2D eigenvalue weighted by molar-refractivity contribution is 7.76. The van der Waals surface area contributed by atoms with Gasteiger partial charge in [0.15, 0.2) is 0 Å². The molecule has 128 valence electrons. The molecule has 2 N–H and O–H groups in total. The first kappa shape index (κ1) is 18.3. The summed E-state index contributed by atoms with van der Waals surface area (Å²) < 4.78 is 19.8. The number of aromatic nitrogens is 2. The lowest BCUT2D eigenvalue weighted by Gasteiger charge is -2.09. The molecule has 0 bridgehead atoms. The van der Waals surface area contributed by atoms with Crippen LogP contribution in [0.3, 0.4) is 0 Å². The summed E-state index contributed by atoms with van der Waals surface area (Å²) in [5.74, 6) is 0. The van der Waals surface area contributed by atoms with Gasteiger partial charge in [-0.3, -0.25) is 14.3 Å². The molecule has 0 saturated heterocycles.